The van der Waals surface area contributed by atoms with Gasteiger partial charge in [0.05, 0.1) is 5.69 Å². The highest BCUT2D eigenvalue weighted by atomic mass is 16.4. The molecule has 5 nitrogen and oxygen atoms in total. The summed E-state index contributed by atoms with van der Waals surface area (Å²) in [5, 5.41) is 16.3. The number of allylic oxidation sites excluding steroid dienone is 1. The summed E-state index contributed by atoms with van der Waals surface area (Å²) in [6, 6.07) is 0.306. The zero-order valence-electron chi connectivity index (χ0n) is 8.92. The van der Waals surface area contributed by atoms with Crippen molar-refractivity contribution in [1.82, 2.24) is 15.0 Å². The molecule has 0 atom stereocenters. The van der Waals surface area contributed by atoms with Crippen molar-refractivity contribution in [1.29, 1.82) is 0 Å². The molecule has 0 aliphatic rings. The molecule has 0 spiro atoms. The summed E-state index contributed by atoms with van der Waals surface area (Å²) in [6.45, 7) is 4.06. The maximum absolute atomic E-state index is 10.2. The first-order valence-electron chi connectivity index (χ1n) is 4.89. The van der Waals surface area contributed by atoms with Crippen molar-refractivity contribution in [3.8, 4) is 0 Å². The summed E-state index contributed by atoms with van der Waals surface area (Å²) in [5.74, 6) is -0.916. The van der Waals surface area contributed by atoms with Crippen LogP contribution in [0.2, 0.25) is 0 Å². The van der Waals surface area contributed by atoms with Gasteiger partial charge >= 0.3 is 5.97 Å². The monoisotopic (exact) mass is 209 g/mol. The molecule has 0 fully saturated rings. The fourth-order valence-corrected chi connectivity index (χ4v) is 1.10. The number of rotatable bonds is 5. The summed E-state index contributed by atoms with van der Waals surface area (Å²) in [4.78, 5) is 10.2. The lowest BCUT2D eigenvalue weighted by molar-refractivity contribution is -0.131. The number of carboxylic acid groups (broad SMARTS) is 1. The van der Waals surface area contributed by atoms with Gasteiger partial charge < -0.3 is 5.11 Å². The van der Waals surface area contributed by atoms with E-state index in [1.807, 2.05) is 20.0 Å². The zero-order chi connectivity index (χ0) is 11.3. The van der Waals surface area contributed by atoms with Gasteiger partial charge in [0.15, 0.2) is 0 Å². The highest BCUT2D eigenvalue weighted by Gasteiger charge is 2.02. The van der Waals surface area contributed by atoms with Crippen molar-refractivity contribution in [3.05, 3.63) is 24.0 Å². The van der Waals surface area contributed by atoms with Crippen molar-refractivity contribution >= 4 is 5.97 Å². The topological polar surface area (TPSA) is 68.0 Å². The van der Waals surface area contributed by atoms with Gasteiger partial charge in [-0.15, -0.1) is 5.10 Å². The third-order valence-electron chi connectivity index (χ3n) is 1.91. The molecule has 1 aromatic rings. The van der Waals surface area contributed by atoms with Gasteiger partial charge in [0, 0.05) is 18.3 Å². The van der Waals surface area contributed by atoms with Gasteiger partial charge in [0.1, 0.15) is 0 Å². The third kappa shape index (κ3) is 3.93. The van der Waals surface area contributed by atoms with E-state index in [1.54, 1.807) is 10.8 Å². The maximum Gasteiger partial charge on any atom is 0.327 e. The van der Waals surface area contributed by atoms with Crippen LogP contribution in [0.1, 0.15) is 32.0 Å². The average Bonchev–Trinajstić information content (AvgIpc) is 2.60. The molecule has 0 amide bonds. The van der Waals surface area contributed by atoms with E-state index in [9.17, 15) is 4.79 Å². The minimum absolute atomic E-state index is 0.306. The third-order valence-corrected chi connectivity index (χ3v) is 1.91. The molecular formula is C10H15N3O2. The molecule has 1 aromatic heterocycles. The molecule has 0 unspecified atom stereocenters. The molecule has 82 valence electrons. The van der Waals surface area contributed by atoms with Crippen LogP contribution in [0.5, 0.6) is 0 Å². The predicted octanol–water partition coefficient (Wildman–Crippen LogP) is 1.43. The Morgan fingerprint density at radius 3 is 2.93 bits per heavy atom. The van der Waals surface area contributed by atoms with E-state index in [2.05, 4.69) is 10.3 Å². The van der Waals surface area contributed by atoms with Crippen molar-refractivity contribution in [2.24, 2.45) is 0 Å². The Kier molecular flexibility index (Phi) is 4.03. The molecule has 15 heavy (non-hydrogen) atoms. The summed E-state index contributed by atoms with van der Waals surface area (Å²) in [6.07, 6.45) is 6.04. The summed E-state index contributed by atoms with van der Waals surface area (Å²) < 4.78 is 1.79. The van der Waals surface area contributed by atoms with Crippen molar-refractivity contribution in [2.45, 2.75) is 32.7 Å². The second-order valence-corrected chi connectivity index (χ2v) is 3.56. The standard InChI is InChI=1S/C10H15N3O2/c1-8(2)13-7-9(11-12-13)5-3-4-6-10(14)15/h4,6-8H,3,5H2,1-2H3,(H,14,15). The minimum Gasteiger partial charge on any atom is -0.478 e. The smallest absolute Gasteiger partial charge is 0.327 e. The Hall–Kier alpha value is -1.65. The van der Waals surface area contributed by atoms with E-state index < -0.39 is 5.97 Å². The van der Waals surface area contributed by atoms with Crippen LogP contribution in [0.15, 0.2) is 18.3 Å². The molecule has 0 saturated carbocycles. The van der Waals surface area contributed by atoms with E-state index in [0.29, 0.717) is 12.5 Å². The number of aliphatic carboxylic acids is 1. The van der Waals surface area contributed by atoms with E-state index in [1.165, 1.54) is 0 Å². The van der Waals surface area contributed by atoms with Crippen LogP contribution in [-0.4, -0.2) is 26.1 Å². The Morgan fingerprint density at radius 2 is 2.40 bits per heavy atom. The van der Waals surface area contributed by atoms with Gasteiger partial charge in [-0.05, 0) is 26.7 Å². The molecule has 0 bridgehead atoms. The van der Waals surface area contributed by atoms with Crippen LogP contribution >= 0.6 is 0 Å². The first-order valence-corrected chi connectivity index (χ1v) is 4.89. The zero-order valence-corrected chi connectivity index (χ0v) is 8.92. The number of carbonyl (C=O) groups is 1. The van der Waals surface area contributed by atoms with E-state index >= 15 is 0 Å². The lowest BCUT2D eigenvalue weighted by Crippen LogP contribution is -2.00. The fourth-order valence-electron chi connectivity index (χ4n) is 1.10. The Labute approximate surface area is 88.4 Å². The van der Waals surface area contributed by atoms with Gasteiger partial charge in [0.25, 0.3) is 0 Å². The molecule has 0 aliphatic carbocycles. The molecule has 1 N–H and O–H groups in total. The minimum atomic E-state index is -0.916. The molecule has 0 aliphatic heterocycles. The summed E-state index contributed by atoms with van der Waals surface area (Å²) in [7, 11) is 0. The van der Waals surface area contributed by atoms with Crippen molar-refractivity contribution in [3.63, 3.8) is 0 Å². The van der Waals surface area contributed by atoms with Crippen LogP contribution < -0.4 is 0 Å². The van der Waals surface area contributed by atoms with Crippen molar-refractivity contribution in [2.75, 3.05) is 0 Å². The number of aromatic nitrogens is 3. The SMILES string of the molecule is CC(C)n1cc(CCC=CC(=O)O)nn1. The number of hydrogen-bond donors (Lipinski definition) is 1. The van der Waals surface area contributed by atoms with Crippen LogP contribution in [-0.2, 0) is 11.2 Å². The van der Waals surface area contributed by atoms with E-state index in [-0.39, 0.29) is 0 Å². The number of hydrogen-bond acceptors (Lipinski definition) is 3. The summed E-state index contributed by atoms with van der Waals surface area (Å²) in [5.41, 5.74) is 0.888. The van der Waals surface area contributed by atoms with E-state index in [0.717, 1.165) is 18.2 Å². The molecule has 5 heteroatoms. The number of nitrogens with zero attached hydrogens (tertiary/aromatic N) is 3. The first kappa shape index (κ1) is 11.4. The Balaban J connectivity index is 2.41. The largest absolute Gasteiger partial charge is 0.478 e. The van der Waals surface area contributed by atoms with Gasteiger partial charge in [-0.1, -0.05) is 11.3 Å². The normalized spacial score (nSPS) is 11.4. The van der Waals surface area contributed by atoms with Gasteiger partial charge in [-0.3, -0.25) is 0 Å². The van der Waals surface area contributed by atoms with Gasteiger partial charge in [-0.25, -0.2) is 9.48 Å². The molecule has 1 heterocycles. The van der Waals surface area contributed by atoms with Crippen LogP contribution in [0.3, 0.4) is 0 Å². The molecule has 1 rings (SSSR count). The molecule has 0 aromatic carbocycles. The maximum atomic E-state index is 10.2. The van der Waals surface area contributed by atoms with Gasteiger partial charge in [-0.2, -0.15) is 0 Å². The predicted molar refractivity (Wildman–Crippen MR) is 55.5 cm³/mol. The van der Waals surface area contributed by atoms with Crippen LogP contribution in [0.4, 0.5) is 0 Å². The quantitative estimate of drug-likeness (QED) is 0.745. The Morgan fingerprint density at radius 1 is 1.67 bits per heavy atom. The van der Waals surface area contributed by atoms with Crippen LogP contribution in [0, 0.1) is 0 Å². The second kappa shape index (κ2) is 5.29. The van der Waals surface area contributed by atoms with Crippen LogP contribution in [0.25, 0.3) is 0 Å². The number of carboxylic acids is 1. The fraction of sp³-hybridized carbons (Fsp3) is 0.500. The van der Waals surface area contributed by atoms with Gasteiger partial charge in [0.2, 0.25) is 0 Å². The highest BCUT2D eigenvalue weighted by molar-refractivity contribution is 5.79. The van der Waals surface area contributed by atoms with E-state index in [4.69, 9.17) is 5.11 Å². The molecule has 0 saturated heterocycles. The Bertz CT molecular complexity index is 355. The molecule has 0 radical (unpaired) electrons. The highest BCUT2D eigenvalue weighted by Crippen LogP contribution is 2.04. The van der Waals surface area contributed by atoms with Crippen molar-refractivity contribution < 1.29 is 9.90 Å². The second-order valence-electron chi connectivity index (χ2n) is 3.56. The lowest BCUT2D eigenvalue weighted by Gasteiger charge is -2.00. The number of aryl methyl sites for hydroxylation is 1. The first-order chi connectivity index (χ1) is 7.09. The summed E-state index contributed by atoms with van der Waals surface area (Å²) >= 11 is 0. The molecular weight excluding hydrogens is 194 g/mol. The average molecular weight is 209 g/mol. The lowest BCUT2D eigenvalue weighted by atomic mass is 10.2.